The van der Waals surface area contributed by atoms with Crippen LogP contribution in [0.3, 0.4) is 0 Å². The Kier molecular flexibility index (Phi) is 5.43. The van der Waals surface area contributed by atoms with Crippen LogP contribution in [0.4, 0.5) is 0 Å². The number of phenolic OH excluding ortho intramolecular Hbond substituents is 1. The monoisotopic (exact) mass is 285 g/mol. The fourth-order valence-corrected chi connectivity index (χ4v) is 2.25. The predicted molar refractivity (Wildman–Crippen MR) is 86.0 cm³/mol. The Hall–Kier alpha value is -2.23. The molecule has 0 unspecified atom stereocenters. The van der Waals surface area contributed by atoms with E-state index in [0.717, 1.165) is 42.8 Å². The quantitative estimate of drug-likeness (QED) is 0.767. The van der Waals surface area contributed by atoms with E-state index in [-0.39, 0.29) is 0 Å². The van der Waals surface area contributed by atoms with Gasteiger partial charge in [-0.3, -0.25) is 0 Å². The van der Waals surface area contributed by atoms with Gasteiger partial charge in [-0.2, -0.15) is 0 Å². The molecule has 112 valence electrons. The van der Waals surface area contributed by atoms with Crippen LogP contribution in [0.15, 0.2) is 43.0 Å². The van der Waals surface area contributed by atoms with Gasteiger partial charge in [-0.1, -0.05) is 19.1 Å². The van der Waals surface area contributed by atoms with E-state index in [1.807, 2.05) is 31.6 Å². The van der Waals surface area contributed by atoms with Crippen molar-refractivity contribution in [2.24, 2.45) is 0 Å². The number of nitrogens with one attached hydrogen (secondary N) is 1. The first-order valence-electron chi connectivity index (χ1n) is 7.40. The molecule has 0 saturated carbocycles. The molecule has 0 aliphatic heterocycles. The van der Waals surface area contributed by atoms with Crippen molar-refractivity contribution in [2.75, 3.05) is 6.54 Å². The number of benzene rings is 1. The fraction of sp³-hybridized carbons (Fsp3) is 0.353. The number of aromatic nitrogens is 2. The van der Waals surface area contributed by atoms with Gasteiger partial charge in [0, 0.05) is 36.7 Å². The van der Waals surface area contributed by atoms with E-state index in [1.165, 1.54) is 0 Å². The predicted octanol–water partition coefficient (Wildman–Crippen LogP) is 3.33. The maximum atomic E-state index is 10.1. The zero-order chi connectivity index (χ0) is 15.1. The molecule has 2 N–H and O–H groups in total. The minimum atomic E-state index is 0.330. The SMILES string of the molecule is CC/C=C(/NCCCn1ccnc1)c1ccc(C)cc1O. The molecule has 0 fully saturated rings. The highest BCUT2D eigenvalue weighted by molar-refractivity contribution is 5.69. The molecule has 1 heterocycles. The first kappa shape index (κ1) is 15.2. The average Bonchev–Trinajstić information content (AvgIpc) is 2.96. The Morgan fingerprint density at radius 1 is 1.43 bits per heavy atom. The van der Waals surface area contributed by atoms with Crippen LogP contribution in [0.25, 0.3) is 5.70 Å². The molecule has 0 saturated heterocycles. The summed E-state index contributed by atoms with van der Waals surface area (Å²) >= 11 is 0. The summed E-state index contributed by atoms with van der Waals surface area (Å²) in [5.74, 6) is 0.330. The summed E-state index contributed by atoms with van der Waals surface area (Å²) < 4.78 is 2.06. The summed E-state index contributed by atoms with van der Waals surface area (Å²) in [6.45, 7) is 5.87. The number of nitrogens with zero attached hydrogens (tertiary/aromatic N) is 2. The van der Waals surface area contributed by atoms with Gasteiger partial charge < -0.3 is 15.0 Å². The molecule has 0 atom stereocenters. The third-order valence-electron chi connectivity index (χ3n) is 3.32. The molecule has 0 amide bonds. The summed E-state index contributed by atoms with van der Waals surface area (Å²) in [6, 6.07) is 5.78. The van der Waals surface area contributed by atoms with Crippen LogP contribution >= 0.6 is 0 Å². The lowest BCUT2D eigenvalue weighted by atomic mass is 10.1. The molecule has 21 heavy (non-hydrogen) atoms. The summed E-state index contributed by atoms with van der Waals surface area (Å²) in [6.07, 6.45) is 9.63. The third kappa shape index (κ3) is 4.38. The van der Waals surface area contributed by atoms with Gasteiger partial charge in [-0.15, -0.1) is 0 Å². The zero-order valence-electron chi connectivity index (χ0n) is 12.7. The largest absolute Gasteiger partial charge is 0.507 e. The topological polar surface area (TPSA) is 50.1 Å². The van der Waals surface area contributed by atoms with E-state index in [9.17, 15) is 5.11 Å². The van der Waals surface area contributed by atoms with E-state index in [1.54, 1.807) is 12.3 Å². The number of allylic oxidation sites excluding steroid dienone is 1. The van der Waals surface area contributed by atoms with E-state index < -0.39 is 0 Å². The van der Waals surface area contributed by atoms with Crippen molar-refractivity contribution >= 4 is 5.70 Å². The molecular weight excluding hydrogens is 262 g/mol. The van der Waals surface area contributed by atoms with E-state index >= 15 is 0 Å². The summed E-state index contributed by atoms with van der Waals surface area (Å²) in [7, 11) is 0. The summed E-state index contributed by atoms with van der Waals surface area (Å²) in [4.78, 5) is 4.03. The number of imidazole rings is 1. The highest BCUT2D eigenvalue weighted by Gasteiger charge is 2.06. The van der Waals surface area contributed by atoms with E-state index in [4.69, 9.17) is 0 Å². The smallest absolute Gasteiger partial charge is 0.125 e. The molecular formula is C17H23N3O. The Balaban J connectivity index is 1.94. The van der Waals surface area contributed by atoms with Crippen LogP contribution in [-0.4, -0.2) is 21.2 Å². The molecule has 2 rings (SSSR count). The number of rotatable bonds is 7. The van der Waals surface area contributed by atoms with E-state index in [0.29, 0.717) is 5.75 Å². The maximum absolute atomic E-state index is 10.1. The molecule has 4 heteroatoms. The standard InChI is InChI=1S/C17H23N3O/c1-3-5-16(15-7-6-14(2)12-17(15)21)19-8-4-10-20-11-9-18-13-20/h5-7,9,11-13,19,21H,3-4,8,10H2,1-2H3/b16-5+. The molecule has 2 aromatic rings. The van der Waals surface area contributed by atoms with E-state index in [2.05, 4.69) is 27.9 Å². The Bertz CT molecular complexity index is 588. The minimum absolute atomic E-state index is 0.330. The third-order valence-corrected chi connectivity index (χ3v) is 3.32. The normalized spacial score (nSPS) is 11.6. The maximum Gasteiger partial charge on any atom is 0.125 e. The van der Waals surface area contributed by atoms with Crippen LogP contribution in [0, 0.1) is 6.92 Å². The summed E-state index contributed by atoms with van der Waals surface area (Å²) in [5, 5.41) is 13.5. The molecule has 1 aromatic carbocycles. The zero-order valence-corrected chi connectivity index (χ0v) is 12.7. The van der Waals surface area contributed by atoms with Crippen LogP contribution in [-0.2, 0) is 6.54 Å². The van der Waals surface area contributed by atoms with Crippen LogP contribution < -0.4 is 5.32 Å². The van der Waals surface area contributed by atoms with Gasteiger partial charge in [0.25, 0.3) is 0 Å². The van der Waals surface area contributed by atoms with Crippen molar-refractivity contribution in [1.29, 1.82) is 0 Å². The lowest BCUT2D eigenvalue weighted by Gasteiger charge is -2.13. The number of aromatic hydroxyl groups is 1. The van der Waals surface area contributed by atoms with Gasteiger partial charge in [0.2, 0.25) is 0 Å². The number of hydrogen-bond acceptors (Lipinski definition) is 3. The van der Waals surface area contributed by atoms with Gasteiger partial charge in [0.15, 0.2) is 0 Å². The van der Waals surface area contributed by atoms with Crippen LogP contribution in [0.2, 0.25) is 0 Å². The van der Waals surface area contributed by atoms with Crippen molar-refractivity contribution in [3.05, 3.63) is 54.1 Å². The van der Waals surface area contributed by atoms with Crippen LogP contribution in [0.5, 0.6) is 5.75 Å². The first-order chi connectivity index (χ1) is 10.2. The Morgan fingerprint density at radius 3 is 2.95 bits per heavy atom. The highest BCUT2D eigenvalue weighted by atomic mass is 16.3. The Morgan fingerprint density at radius 2 is 2.29 bits per heavy atom. The fourth-order valence-electron chi connectivity index (χ4n) is 2.25. The molecule has 1 aromatic heterocycles. The minimum Gasteiger partial charge on any atom is -0.507 e. The second-order valence-electron chi connectivity index (χ2n) is 5.13. The number of aryl methyl sites for hydroxylation is 2. The second kappa shape index (κ2) is 7.53. The van der Waals surface area contributed by atoms with Gasteiger partial charge in [-0.05, 0) is 37.5 Å². The number of phenols is 1. The van der Waals surface area contributed by atoms with Gasteiger partial charge in [0.05, 0.1) is 6.33 Å². The van der Waals surface area contributed by atoms with Crippen molar-refractivity contribution in [2.45, 2.75) is 33.2 Å². The van der Waals surface area contributed by atoms with Crippen molar-refractivity contribution in [3.8, 4) is 5.75 Å². The lowest BCUT2D eigenvalue weighted by molar-refractivity contribution is 0.472. The van der Waals surface area contributed by atoms with Crippen molar-refractivity contribution in [1.82, 2.24) is 14.9 Å². The molecule has 0 bridgehead atoms. The van der Waals surface area contributed by atoms with Crippen LogP contribution in [0.1, 0.15) is 30.9 Å². The van der Waals surface area contributed by atoms with Gasteiger partial charge >= 0.3 is 0 Å². The average molecular weight is 285 g/mol. The van der Waals surface area contributed by atoms with Gasteiger partial charge in [0.1, 0.15) is 5.75 Å². The molecule has 0 spiro atoms. The first-order valence-corrected chi connectivity index (χ1v) is 7.40. The van der Waals surface area contributed by atoms with Gasteiger partial charge in [-0.25, -0.2) is 4.98 Å². The molecule has 0 radical (unpaired) electrons. The Labute approximate surface area is 126 Å². The highest BCUT2D eigenvalue weighted by Crippen LogP contribution is 2.24. The number of hydrogen-bond donors (Lipinski definition) is 2. The summed E-state index contributed by atoms with van der Waals surface area (Å²) in [5.41, 5.74) is 2.93. The molecule has 0 aliphatic carbocycles. The van der Waals surface area contributed by atoms with Crippen molar-refractivity contribution < 1.29 is 5.11 Å². The molecule has 0 aliphatic rings. The van der Waals surface area contributed by atoms with Crippen molar-refractivity contribution in [3.63, 3.8) is 0 Å². The molecule has 4 nitrogen and oxygen atoms in total. The lowest BCUT2D eigenvalue weighted by Crippen LogP contribution is -2.15. The second-order valence-corrected chi connectivity index (χ2v) is 5.13.